The highest BCUT2D eigenvalue weighted by Crippen LogP contribution is 2.21. The maximum Gasteiger partial charge on any atom is 0.185 e. The minimum Gasteiger partial charge on any atom is -0.298 e. The van der Waals surface area contributed by atoms with Gasteiger partial charge in [0.25, 0.3) is 0 Å². The zero-order valence-corrected chi connectivity index (χ0v) is 10.5. The number of fused-ring (bicyclic) bond motifs is 1. The molecule has 6 heteroatoms. The summed E-state index contributed by atoms with van der Waals surface area (Å²) < 4.78 is 3.89. The molecule has 20 heavy (non-hydrogen) atoms. The molecule has 96 valence electrons. The van der Waals surface area contributed by atoms with Crippen LogP contribution in [0.15, 0.2) is 61.3 Å². The number of hydrogen-bond donors (Lipinski definition) is 0. The predicted molar refractivity (Wildman–Crippen MR) is 73.3 cm³/mol. The normalized spacial score (nSPS) is 11.0. The smallest absolute Gasteiger partial charge is 0.185 e. The van der Waals surface area contributed by atoms with E-state index in [9.17, 15) is 0 Å². The van der Waals surface area contributed by atoms with E-state index in [1.54, 1.807) is 18.6 Å². The molecule has 4 rings (SSSR count). The first-order chi connectivity index (χ1) is 9.93. The van der Waals surface area contributed by atoms with Crippen molar-refractivity contribution < 1.29 is 0 Å². The largest absolute Gasteiger partial charge is 0.298 e. The molecule has 0 spiro atoms. The zero-order chi connectivity index (χ0) is 13.4. The maximum atomic E-state index is 4.36. The Balaban J connectivity index is 1.94. The van der Waals surface area contributed by atoms with E-state index in [1.165, 1.54) is 0 Å². The molecule has 0 amide bonds. The first-order valence-corrected chi connectivity index (χ1v) is 6.17. The van der Waals surface area contributed by atoms with Gasteiger partial charge in [-0.25, -0.2) is 4.98 Å². The van der Waals surface area contributed by atoms with Crippen LogP contribution in [0.2, 0.25) is 0 Å². The average Bonchev–Trinajstić information content (AvgIpc) is 3.14. The molecular formula is C14H10N6. The summed E-state index contributed by atoms with van der Waals surface area (Å²) in [6, 6.07) is 9.76. The molecule has 4 aromatic rings. The van der Waals surface area contributed by atoms with Crippen molar-refractivity contribution in [2.24, 2.45) is 0 Å². The quantitative estimate of drug-likeness (QED) is 0.554. The van der Waals surface area contributed by atoms with Crippen LogP contribution >= 0.6 is 0 Å². The minimum absolute atomic E-state index is 0.719. The summed E-state index contributed by atoms with van der Waals surface area (Å²) in [6.07, 6.45) is 8.98. The van der Waals surface area contributed by atoms with Crippen LogP contribution in [0.4, 0.5) is 0 Å². The van der Waals surface area contributed by atoms with Crippen molar-refractivity contribution in [2.45, 2.75) is 0 Å². The summed E-state index contributed by atoms with van der Waals surface area (Å²) >= 11 is 0. The second-order valence-corrected chi connectivity index (χ2v) is 4.28. The topological polar surface area (TPSA) is 60.9 Å². The molecule has 0 aromatic carbocycles. The van der Waals surface area contributed by atoms with Crippen LogP contribution in [0.3, 0.4) is 0 Å². The van der Waals surface area contributed by atoms with Gasteiger partial charge in [0.2, 0.25) is 0 Å². The van der Waals surface area contributed by atoms with Crippen LogP contribution in [0.1, 0.15) is 0 Å². The number of aromatic nitrogens is 6. The molecule has 0 radical (unpaired) electrons. The number of pyridine rings is 1. The lowest BCUT2D eigenvalue weighted by atomic mass is 10.4. The van der Waals surface area contributed by atoms with Gasteiger partial charge in [0.05, 0.1) is 11.9 Å². The van der Waals surface area contributed by atoms with Gasteiger partial charge in [-0.15, -0.1) is 10.2 Å². The van der Waals surface area contributed by atoms with E-state index in [0.29, 0.717) is 0 Å². The molecule has 0 fully saturated rings. The third kappa shape index (κ3) is 1.58. The summed E-state index contributed by atoms with van der Waals surface area (Å²) in [7, 11) is 0. The van der Waals surface area contributed by atoms with E-state index in [1.807, 2.05) is 51.7 Å². The van der Waals surface area contributed by atoms with E-state index in [-0.39, 0.29) is 0 Å². The van der Waals surface area contributed by atoms with Crippen LogP contribution < -0.4 is 0 Å². The highest BCUT2D eigenvalue weighted by atomic mass is 15.3. The first-order valence-electron chi connectivity index (χ1n) is 6.17. The summed E-state index contributed by atoms with van der Waals surface area (Å²) in [6.45, 7) is 0. The Morgan fingerprint density at radius 2 is 1.90 bits per heavy atom. The van der Waals surface area contributed by atoms with Crippen molar-refractivity contribution in [3.05, 3.63) is 61.3 Å². The highest BCUT2D eigenvalue weighted by Gasteiger charge is 2.12. The Hall–Kier alpha value is -3.02. The molecule has 0 N–H and O–H groups in total. The van der Waals surface area contributed by atoms with Gasteiger partial charge in [0.1, 0.15) is 5.82 Å². The van der Waals surface area contributed by atoms with Gasteiger partial charge < -0.3 is 0 Å². The molecule has 0 aliphatic heterocycles. The van der Waals surface area contributed by atoms with Crippen LogP contribution in [0, 0.1) is 0 Å². The van der Waals surface area contributed by atoms with Crippen molar-refractivity contribution in [3.8, 4) is 17.3 Å². The fourth-order valence-electron chi connectivity index (χ4n) is 2.19. The Morgan fingerprint density at radius 1 is 0.900 bits per heavy atom. The molecule has 4 heterocycles. The van der Waals surface area contributed by atoms with E-state index < -0.39 is 0 Å². The lowest BCUT2D eigenvalue weighted by molar-refractivity contribution is 0.983. The second-order valence-electron chi connectivity index (χ2n) is 4.28. The summed E-state index contributed by atoms with van der Waals surface area (Å²) in [4.78, 5) is 8.41. The second kappa shape index (κ2) is 4.27. The lowest BCUT2D eigenvalue weighted by Crippen LogP contribution is -2.00. The Morgan fingerprint density at radius 3 is 2.80 bits per heavy atom. The fraction of sp³-hybridized carbons (Fsp3) is 0. The van der Waals surface area contributed by atoms with Crippen molar-refractivity contribution >= 4 is 5.65 Å². The van der Waals surface area contributed by atoms with Crippen LogP contribution in [-0.4, -0.2) is 29.1 Å². The van der Waals surface area contributed by atoms with Crippen LogP contribution in [-0.2, 0) is 0 Å². The predicted octanol–water partition coefficient (Wildman–Crippen LogP) is 1.98. The molecule has 6 nitrogen and oxygen atoms in total. The molecular weight excluding hydrogens is 252 g/mol. The monoisotopic (exact) mass is 262 g/mol. The van der Waals surface area contributed by atoms with Crippen LogP contribution in [0.5, 0.6) is 0 Å². The standard InChI is InChI=1S/C14H10N6/c1-2-6-16-12(5-1)19-8-3-4-11(19)14-18-17-13-10-15-7-9-20(13)14/h1-10H. The molecule has 0 aliphatic rings. The molecule has 0 aliphatic carbocycles. The van der Waals surface area contributed by atoms with E-state index in [0.717, 1.165) is 23.0 Å². The molecule has 4 aromatic heterocycles. The maximum absolute atomic E-state index is 4.36. The lowest BCUT2D eigenvalue weighted by Gasteiger charge is -2.06. The molecule has 0 atom stereocenters. The average molecular weight is 262 g/mol. The molecule has 0 saturated carbocycles. The summed E-state index contributed by atoms with van der Waals surface area (Å²) in [5.41, 5.74) is 1.65. The molecule has 0 unspecified atom stereocenters. The van der Waals surface area contributed by atoms with Crippen LogP contribution in [0.25, 0.3) is 23.0 Å². The number of nitrogens with zero attached hydrogens (tertiary/aromatic N) is 6. The van der Waals surface area contributed by atoms with Crippen molar-refractivity contribution in [3.63, 3.8) is 0 Å². The van der Waals surface area contributed by atoms with Gasteiger partial charge >= 0.3 is 0 Å². The Kier molecular flexibility index (Phi) is 2.32. The van der Waals surface area contributed by atoms with Gasteiger partial charge in [-0.2, -0.15) is 0 Å². The third-order valence-electron chi connectivity index (χ3n) is 3.09. The number of rotatable bonds is 2. The molecule has 0 bridgehead atoms. The van der Waals surface area contributed by atoms with Gasteiger partial charge in [-0.3, -0.25) is 14.0 Å². The van der Waals surface area contributed by atoms with Gasteiger partial charge in [-0.05, 0) is 24.3 Å². The first kappa shape index (κ1) is 10.9. The van der Waals surface area contributed by atoms with E-state index in [2.05, 4.69) is 20.2 Å². The highest BCUT2D eigenvalue weighted by molar-refractivity contribution is 5.58. The molecule has 0 saturated heterocycles. The van der Waals surface area contributed by atoms with Gasteiger partial charge in [0.15, 0.2) is 11.5 Å². The zero-order valence-electron chi connectivity index (χ0n) is 10.5. The Bertz CT molecular complexity index is 861. The fourth-order valence-corrected chi connectivity index (χ4v) is 2.19. The summed E-state index contributed by atoms with van der Waals surface area (Å²) in [5.74, 6) is 1.61. The number of hydrogen-bond acceptors (Lipinski definition) is 4. The van der Waals surface area contributed by atoms with Crippen molar-refractivity contribution in [2.75, 3.05) is 0 Å². The van der Waals surface area contributed by atoms with Gasteiger partial charge in [-0.1, -0.05) is 6.07 Å². The van der Waals surface area contributed by atoms with Crippen molar-refractivity contribution in [1.82, 2.24) is 29.1 Å². The third-order valence-corrected chi connectivity index (χ3v) is 3.09. The van der Waals surface area contributed by atoms with E-state index in [4.69, 9.17) is 0 Å². The SMILES string of the molecule is c1ccc(-n2cccc2-c2nnc3cnccn23)nc1. The summed E-state index contributed by atoms with van der Waals surface area (Å²) in [5, 5.41) is 8.37. The Labute approximate surface area is 114 Å². The van der Waals surface area contributed by atoms with E-state index >= 15 is 0 Å². The minimum atomic E-state index is 0.719. The van der Waals surface area contributed by atoms with Gasteiger partial charge in [0, 0.05) is 24.8 Å². The van der Waals surface area contributed by atoms with Crippen molar-refractivity contribution in [1.29, 1.82) is 0 Å².